The molecule has 1 rings (SSSR count). The minimum absolute atomic E-state index is 0.177. The standard InChI is InChI=1S/C14H24N2O2/c1-9-6-11(17-4)7-12(18-5)13(9)14(16-3)10(2)8-15/h6-7,10,14,16H,8,15H2,1-5H3. The number of methoxy groups -OCH3 is 2. The number of nitrogens with one attached hydrogen (secondary N) is 1. The second-order valence-electron chi connectivity index (χ2n) is 4.54. The van der Waals surface area contributed by atoms with Crippen LogP contribution in [0.15, 0.2) is 12.1 Å². The second kappa shape index (κ2) is 6.61. The van der Waals surface area contributed by atoms with Crippen LogP contribution in [0.1, 0.15) is 24.1 Å². The van der Waals surface area contributed by atoms with Crippen molar-refractivity contribution in [2.24, 2.45) is 11.7 Å². The van der Waals surface area contributed by atoms with Crippen molar-refractivity contribution in [3.63, 3.8) is 0 Å². The van der Waals surface area contributed by atoms with E-state index in [0.29, 0.717) is 12.5 Å². The van der Waals surface area contributed by atoms with Crippen molar-refractivity contribution >= 4 is 0 Å². The minimum Gasteiger partial charge on any atom is -0.497 e. The zero-order valence-corrected chi connectivity index (χ0v) is 11.9. The zero-order valence-electron chi connectivity index (χ0n) is 11.9. The topological polar surface area (TPSA) is 56.5 Å². The summed E-state index contributed by atoms with van der Waals surface area (Å²) in [5.41, 5.74) is 8.07. The molecular weight excluding hydrogens is 228 g/mol. The molecule has 18 heavy (non-hydrogen) atoms. The molecule has 1 aromatic rings. The summed E-state index contributed by atoms with van der Waals surface area (Å²) >= 11 is 0. The lowest BCUT2D eigenvalue weighted by Gasteiger charge is -2.26. The highest BCUT2D eigenvalue weighted by atomic mass is 16.5. The van der Waals surface area contributed by atoms with Gasteiger partial charge in [-0.15, -0.1) is 0 Å². The monoisotopic (exact) mass is 252 g/mol. The van der Waals surface area contributed by atoms with Gasteiger partial charge < -0.3 is 20.5 Å². The van der Waals surface area contributed by atoms with E-state index in [0.717, 1.165) is 22.6 Å². The summed E-state index contributed by atoms with van der Waals surface area (Å²) in [6.45, 7) is 4.82. The summed E-state index contributed by atoms with van der Waals surface area (Å²) in [5.74, 6) is 1.98. The van der Waals surface area contributed by atoms with Gasteiger partial charge in [-0.3, -0.25) is 0 Å². The van der Waals surface area contributed by atoms with E-state index in [2.05, 4.69) is 19.2 Å². The van der Waals surface area contributed by atoms with Crippen LogP contribution >= 0.6 is 0 Å². The largest absolute Gasteiger partial charge is 0.497 e. The van der Waals surface area contributed by atoms with Gasteiger partial charge in [-0.1, -0.05) is 6.92 Å². The van der Waals surface area contributed by atoms with E-state index in [4.69, 9.17) is 15.2 Å². The van der Waals surface area contributed by atoms with Crippen molar-refractivity contribution in [1.29, 1.82) is 0 Å². The zero-order chi connectivity index (χ0) is 13.7. The molecule has 0 aliphatic carbocycles. The van der Waals surface area contributed by atoms with Gasteiger partial charge in [-0.05, 0) is 38.1 Å². The SMILES string of the molecule is CNC(c1c(C)cc(OC)cc1OC)C(C)CN. The Morgan fingerprint density at radius 1 is 1.28 bits per heavy atom. The first-order valence-corrected chi connectivity index (χ1v) is 6.18. The summed E-state index contributed by atoms with van der Waals surface area (Å²) in [7, 11) is 5.28. The third-order valence-electron chi connectivity index (χ3n) is 3.34. The molecule has 0 heterocycles. The van der Waals surface area contributed by atoms with Crippen LogP contribution in [-0.4, -0.2) is 27.8 Å². The fourth-order valence-corrected chi connectivity index (χ4v) is 2.27. The van der Waals surface area contributed by atoms with Crippen LogP contribution in [-0.2, 0) is 0 Å². The fourth-order valence-electron chi connectivity index (χ4n) is 2.27. The van der Waals surface area contributed by atoms with E-state index in [-0.39, 0.29) is 6.04 Å². The van der Waals surface area contributed by atoms with Gasteiger partial charge in [0.2, 0.25) is 0 Å². The molecule has 0 bridgehead atoms. The van der Waals surface area contributed by atoms with Crippen LogP contribution in [0.4, 0.5) is 0 Å². The summed E-state index contributed by atoms with van der Waals surface area (Å²) in [4.78, 5) is 0. The maximum Gasteiger partial charge on any atom is 0.127 e. The molecule has 3 N–H and O–H groups in total. The van der Waals surface area contributed by atoms with E-state index in [1.165, 1.54) is 0 Å². The van der Waals surface area contributed by atoms with Crippen LogP contribution in [0.25, 0.3) is 0 Å². The van der Waals surface area contributed by atoms with Crippen LogP contribution < -0.4 is 20.5 Å². The normalized spacial score (nSPS) is 14.1. The highest BCUT2D eigenvalue weighted by Crippen LogP contribution is 2.35. The quantitative estimate of drug-likeness (QED) is 0.811. The lowest BCUT2D eigenvalue weighted by atomic mass is 9.90. The van der Waals surface area contributed by atoms with Crippen LogP contribution in [0, 0.1) is 12.8 Å². The Labute approximate surface area is 109 Å². The number of hydrogen-bond acceptors (Lipinski definition) is 4. The summed E-state index contributed by atoms with van der Waals surface area (Å²) in [6.07, 6.45) is 0. The maximum absolute atomic E-state index is 5.78. The highest BCUT2D eigenvalue weighted by Gasteiger charge is 2.22. The number of aryl methyl sites for hydroxylation is 1. The van der Waals surface area contributed by atoms with Crippen LogP contribution in [0.2, 0.25) is 0 Å². The first-order valence-electron chi connectivity index (χ1n) is 6.18. The summed E-state index contributed by atoms with van der Waals surface area (Å²) in [6, 6.07) is 4.11. The number of rotatable bonds is 6. The Bertz CT molecular complexity index is 394. The van der Waals surface area contributed by atoms with Gasteiger partial charge in [0.05, 0.1) is 14.2 Å². The van der Waals surface area contributed by atoms with Gasteiger partial charge in [0.1, 0.15) is 11.5 Å². The summed E-state index contributed by atoms with van der Waals surface area (Å²) in [5, 5.41) is 3.32. The van der Waals surface area contributed by atoms with E-state index >= 15 is 0 Å². The van der Waals surface area contributed by atoms with Crippen LogP contribution in [0.5, 0.6) is 11.5 Å². The van der Waals surface area contributed by atoms with Gasteiger partial charge >= 0.3 is 0 Å². The molecule has 2 unspecified atom stereocenters. The highest BCUT2D eigenvalue weighted by molar-refractivity contribution is 5.48. The van der Waals surface area contributed by atoms with Gasteiger partial charge in [-0.2, -0.15) is 0 Å². The van der Waals surface area contributed by atoms with Crippen LogP contribution in [0.3, 0.4) is 0 Å². The minimum atomic E-state index is 0.177. The Morgan fingerprint density at radius 2 is 1.94 bits per heavy atom. The number of nitrogens with two attached hydrogens (primary N) is 1. The van der Waals surface area contributed by atoms with E-state index in [1.54, 1.807) is 14.2 Å². The van der Waals surface area contributed by atoms with Gasteiger partial charge in [-0.25, -0.2) is 0 Å². The first kappa shape index (κ1) is 14.8. The average Bonchev–Trinajstić information content (AvgIpc) is 2.40. The third kappa shape index (κ3) is 2.94. The van der Waals surface area contributed by atoms with Crippen molar-refractivity contribution in [3.8, 4) is 11.5 Å². The molecule has 4 nitrogen and oxygen atoms in total. The van der Waals surface area contributed by atoms with E-state index in [1.807, 2.05) is 19.2 Å². The predicted molar refractivity (Wildman–Crippen MR) is 74.3 cm³/mol. The Balaban J connectivity index is 3.28. The molecule has 0 fully saturated rings. The molecule has 0 aliphatic heterocycles. The van der Waals surface area contributed by atoms with Gasteiger partial charge in [0, 0.05) is 17.7 Å². The van der Waals surface area contributed by atoms with Crippen molar-refractivity contribution < 1.29 is 9.47 Å². The molecule has 0 aromatic heterocycles. The maximum atomic E-state index is 5.78. The van der Waals surface area contributed by atoms with Gasteiger partial charge in [0.15, 0.2) is 0 Å². The number of ether oxygens (including phenoxy) is 2. The molecule has 2 atom stereocenters. The average molecular weight is 252 g/mol. The number of benzene rings is 1. The smallest absolute Gasteiger partial charge is 0.127 e. The molecule has 1 aromatic carbocycles. The Morgan fingerprint density at radius 3 is 2.39 bits per heavy atom. The number of hydrogen-bond donors (Lipinski definition) is 2. The molecule has 0 saturated carbocycles. The predicted octanol–water partition coefficient (Wildman–Crippen LogP) is 1.87. The Kier molecular flexibility index (Phi) is 5.44. The van der Waals surface area contributed by atoms with E-state index < -0.39 is 0 Å². The molecule has 0 amide bonds. The molecule has 0 radical (unpaired) electrons. The summed E-state index contributed by atoms with van der Waals surface area (Å²) < 4.78 is 10.8. The second-order valence-corrected chi connectivity index (χ2v) is 4.54. The molecule has 102 valence electrons. The van der Waals surface area contributed by atoms with Crippen molar-refractivity contribution in [2.45, 2.75) is 19.9 Å². The van der Waals surface area contributed by atoms with Gasteiger partial charge in [0.25, 0.3) is 0 Å². The molecule has 0 aliphatic rings. The fraction of sp³-hybridized carbons (Fsp3) is 0.571. The lowest BCUT2D eigenvalue weighted by Crippen LogP contribution is -2.29. The third-order valence-corrected chi connectivity index (χ3v) is 3.34. The first-order chi connectivity index (χ1) is 8.58. The molecular formula is C14H24N2O2. The van der Waals surface area contributed by atoms with Crippen molar-refractivity contribution in [3.05, 3.63) is 23.3 Å². The van der Waals surface area contributed by atoms with Crippen molar-refractivity contribution in [2.75, 3.05) is 27.8 Å². The molecule has 0 saturated heterocycles. The molecule has 0 spiro atoms. The lowest BCUT2D eigenvalue weighted by molar-refractivity contribution is 0.365. The molecule has 4 heteroatoms. The van der Waals surface area contributed by atoms with Crippen molar-refractivity contribution in [1.82, 2.24) is 5.32 Å². The van der Waals surface area contributed by atoms with E-state index in [9.17, 15) is 0 Å². The Hall–Kier alpha value is -1.26.